The first-order chi connectivity index (χ1) is 7.02. The maximum atomic E-state index is 11.7. The predicted molar refractivity (Wildman–Crippen MR) is 52.2 cm³/mol. The second kappa shape index (κ2) is 5.09. The van der Waals surface area contributed by atoms with Crippen LogP contribution in [0.4, 0.5) is 0 Å². The van der Waals surface area contributed by atoms with Crippen LogP contribution in [-0.4, -0.2) is 54.7 Å². The Bertz CT molecular complexity index is 256. The normalized spacial score (nSPS) is 25.2. The summed E-state index contributed by atoms with van der Waals surface area (Å²) in [7, 11) is 1.58. The zero-order chi connectivity index (χ0) is 11.4. The van der Waals surface area contributed by atoms with Crippen molar-refractivity contribution in [3.05, 3.63) is 0 Å². The molecule has 15 heavy (non-hydrogen) atoms. The van der Waals surface area contributed by atoms with Gasteiger partial charge in [-0.15, -0.1) is 0 Å². The van der Waals surface area contributed by atoms with Crippen LogP contribution >= 0.6 is 0 Å². The molecule has 6 heteroatoms. The first kappa shape index (κ1) is 11.9. The van der Waals surface area contributed by atoms with E-state index in [-0.39, 0.29) is 30.8 Å². The molecular formula is C9H16N2O4. The lowest BCUT2D eigenvalue weighted by molar-refractivity contribution is -0.139. The molecule has 0 aromatic carbocycles. The summed E-state index contributed by atoms with van der Waals surface area (Å²) < 4.78 is 5.08. The van der Waals surface area contributed by atoms with Gasteiger partial charge in [0.05, 0.1) is 25.6 Å². The van der Waals surface area contributed by atoms with E-state index in [1.807, 2.05) is 0 Å². The van der Waals surface area contributed by atoms with Gasteiger partial charge in [-0.25, -0.2) is 0 Å². The Morgan fingerprint density at radius 2 is 2.20 bits per heavy atom. The molecule has 2 atom stereocenters. The maximum Gasteiger partial charge on any atom is 0.305 e. The van der Waals surface area contributed by atoms with Gasteiger partial charge < -0.3 is 20.5 Å². The van der Waals surface area contributed by atoms with Crippen molar-refractivity contribution in [3.8, 4) is 0 Å². The summed E-state index contributed by atoms with van der Waals surface area (Å²) in [6.07, 6.45) is -0.0505. The molecule has 1 fully saturated rings. The maximum absolute atomic E-state index is 11.7. The van der Waals surface area contributed by atoms with Gasteiger partial charge in [-0.2, -0.15) is 0 Å². The van der Waals surface area contributed by atoms with Crippen LogP contribution < -0.4 is 5.73 Å². The van der Waals surface area contributed by atoms with Crippen molar-refractivity contribution in [1.82, 2.24) is 4.90 Å². The van der Waals surface area contributed by atoms with E-state index in [0.717, 1.165) is 0 Å². The summed E-state index contributed by atoms with van der Waals surface area (Å²) in [4.78, 5) is 23.5. The molecular weight excluding hydrogens is 200 g/mol. The Morgan fingerprint density at radius 1 is 1.53 bits per heavy atom. The van der Waals surface area contributed by atoms with Crippen LogP contribution in [0.5, 0.6) is 0 Å². The third-order valence-electron chi connectivity index (χ3n) is 2.48. The number of nitrogens with two attached hydrogens (primary N) is 1. The summed E-state index contributed by atoms with van der Waals surface area (Å²) in [6, 6.07) is -0.273. The van der Waals surface area contributed by atoms with Crippen molar-refractivity contribution >= 4 is 11.9 Å². The molecule has 2 unspecified atom stereocenters. The Morgan fingerprint density at radius 3 is 2.67 bits per heavy atom. The van der Waals surface area contributed by atoms with Crippen LogP contribution in [0.1, 0.15) is 6.42 Å². The minimum absolute atomic E-state index is 0.0505. The molecule has 0 saturated carbocycles. The van der Waals surface area contributed by atoms with Gasteiger partial charge in [-0.1, -0.05) is 0 Å². The Kier molecular flexibility index (Phi) is 4.05. The number of nitrogens with zero attached hydrogens (tertiary/aromatic N) is 1. The second-order valence-electron chi connectivity index (χ2n) is 3.71. The largest absolute Gasteiger partial charge is 0.481 e. The molecule has 1 amide bonds. The van der Waals surface area contributed by atoms with Crippen molar-refractivity contribution in [1.29, 1.82) is 0 Å². The minimum Gasteiger partial charge on any atom is -0.481 e. The second-order valence-corrected chi connectivity index (χ2v) is 3.71. The van der Waals surface area contributed by atoms with Gasteiger partial charge in [0.2, 0.25) is 5.91 Å². The Labute approximate surface area is 88.0 Å². The van der Waals surface area contributed by atoms with Gasteiger partial charge in [-0.05, 0) is 0 Å². The van der Waals surface area contributed by atoms with E-state index in [4.69, 9.17) is 15.6 Å². The summed E-state index contributed by atoms with van der Waals surface area (Å²) in [6.45, 7) is 0.929. The standard InChI is InChI=1S/C9H16N2O4/c1-11(3-2-8(12)13)9(14)6-4-15-5-7(6)10/h6-7H,2-5,10H2,1H3,(H,12,13). The summed E-state index contributed by atoms with van der Waals surface area (Å²) in [5.41, 5.74) is 5.68. The van der Waals surface area contributed by atoms with E-state index in [0.29, 0.717) is 13.2 Å². The zero-order valence-electron chi connectivity index (χ0n) is 8.68. The van der Waals surface area contributed by atoms with Gasteiger partial charge in [0.15, 0.2) is 0 Å². The van der Waals surface area contributed by atoms with Crippen LogP contribution in [0.25, 0.3) is 0 Å². The molecule has 1 saturated heterocycles. The molecule has 0 radical (unpaired) electrons. The molecule has 0 spiro atoms. The first-order valence-corrected chi connectivity index (χ1v) is 4.82. The lowest BCUT2D eigenvalue weighted by atomic mass is 10.0. The van der Waals surface area contributed by atoms with Crippen LogP contribution in [0, 0.1) is 5.92 Å². The van der Waals surface area contributed by atoms with Crippen molar-refractivity contribution in [2.75, 3.05) is 26.8 Å². The van der Waals surface area contributed by atoms with Crippen LogP contribution in [0.15, 0.2) is 0 Å². The van der Waals surface area contributed by atoms with E-state index in [1.54, 1.807) is 7.05 Å². The number of hydrogen-bond acceptors (Lipinski definition) is 4. The summed E-state index contributed by atoms with van der Waals surface area (Å²) in [5, 5.41) is 8.47. The zero-order valence-corrected chi connectivity index (χ0v) is 8.68. The lowest BCUT2D eigenvalue weighted by Crippen LogP contribution is -2.42. The minimum atomic E-state index is -0.915. The topological polar surface area (TPSA) is 92.9 Å². The van der Waals surface area contributed by atoms with E-state index in [9.17, 15) is 9.59 Å². The Balaban J connectivity index is 2.41. The predicted octanol–water partition coefficient (Wildman–Crippen LogP) is -1.11. The number of amides is 1. The number of carboxylic acid groups (broad SMARTS) is 1. The van der Waals surface area contributed by atoms with Crippen molar-refractivity contribution in [2.24, 2.45) is 11.7 Å². The highest BCUT2D eigenvalue weighted by Gasteiger charge is 2.33. The van der Waals surface area contributed by atoms with Gasteiger partial charge in [0.1, 0.15) is 0 Å². The molecule has 1 aliphatic heterocycles. The highest BCUT2D eigenvalue weighted by atomic mass is 16.5. The summed E-state index contributed by atoms with van der Waals surface area (Å²) in [5.74, 6) is -1.38. The van der Waals surface area contributed by atoms with Crippen LogP contribution in [0.3, 0.4) is 0 Å². The highest BCUT2D eigenvalue weighted by molar-refractivity contribution is 5.80. The van der Waals surface area contributed by atoms with Crippen molar-refractivity contribution in [3.63, 3.8) is 0 Å². The van der Waals surface area contributed by atoms with E-state index >= 15 is 0 Å². The fraction of sp³-hybridized carbons (Fsp3) is 0.778. The smallest absolute Gasteiger partial charge is 0.305 e. The van der Waals surface area contributed by atoms with Gasteiger partial charge in [-0.3, -0.25) is 9.59 Å². The molecule has 1 aliphatic rings. The first-order valence-electron chi connectivity index (χ1n) is 4.82. The number of aliphatic carboxylic acids is 1. The fourth-order valence-corrected chi connectivity index (χ4v) is 1.48. The average Bonchev–Trinajstić information content (AvgIpc) is 2.59. The number of carbonyl (C=O) groups is 2. The molecule has 0 bridgehead atoms. The molecule has 0 aliphatic carbocycles. The molecule has 86 valence electrons. The van der Waals surface area contributed by atoms with Crippen LogP contribution in [-0.2, 0) is 14.3 Å². The highest BCUT2D eigenvalue weighted by Crippen LogP contribution is 2.14. The monoisotopic (exact) mass is 216 g/mol. The number of hydrogen-bond donors (Lipinski definition) is 2. The molecule has 1 rings (SSSR count). The number of carbonyl (C=O) groups excluding carboxylic acids is 1. The van der Waals surface area contributed by atoms with E-state index in [1.165, 1.54) is 4.90 Å². The van der Waals surface area contributed by atoms with E-state index in [2.05, 4.69) is 0 Å². The molecule has 0 aromatic rings. The third kappa shape index (κ3) is 3.17. The van der Waals surface area contributed by atoms with Crippen molar-refractivity contribution < 1.29 is 19.4 Å². The van der Waals surface area contributed by atoms with Gasteiger partial charge in [0.25, 0.3) is 0 Å². The lowest BCUT2D eigenvalue weighted by Gasteiger charge is -2.21. The quantitative estimate of drug-likeness (QED) is 0.621. The molecule has 6 nitrogen and oxygen atoms in total. The number of carboxylic acids is 1. The fourth-order valence-electron chi connectivity index (χ4n) is 1.48. The van der Waals surface area contributed by atoms with Crippen LogP contribution in [0.2, 0.25) is 0 Å². The molecule has 0 aromatic heterocycles. The molecule has 3 N–H and O–H groups in total. The van der Waals surface area contributed by atoms with Gasteiger partial charge in [0, 0.05) is 19.6 Å². The third-order valence-corrected chi connectivity index (χ3v) is 2.48. The average molecular weight is 216 g/mol. The van der Waals surface area contributed by atoms with Crippen molar-refractivity contribution in [2.45, 2.75) is 12.5 Å². The number of rotatable bonds is 4. The van der Waals surface area contributed by atoms with E-state index < -0.39 is 5.97 Å². The SMILES string of the molecule is CN(CCC(=O)O)C(=O)C1COCC1N. The van der Waals surface area contributed by atoms with Gasteiger partial charge >= 0.3 is 5.97 Å². The number of ether oxygens (including phenoxy) is 1. The molecule has 1 heterocycles. The summed E-state index contributed by atoms with van der Waals surface area (Å²) >= 11 is 0. The Hall–Kier alpha value is -1.14.